The van der Waals surface area contributed by atoms with Gasteiger partial charge in [0.1, 0.15) is 6.29 Å². The molecule has 0 aromatic carbocycles. The molecular weight excluding hydrogens is 124 g/mol. The van der Waals surface area contributed by atoms with Gasteiger partial charge in [0.05, 0.1) is 0 Å². The van der Waals surface area contributed by atoms with Crippen molar-refractivity contribution in [3.05, 3.63) is 11.1 Å². The molecular formula is C6H9ClO. The molecule has 0 N–H and O–H groups in total. The summed E-state index contributed by atoms with van der Waals surface area (Å²) in [5, 5.41) is 0.641. The molecule has 0 atom stereocenters. The van der Waals surface area contributed by atoms with Crippen LogP contribution in [-0.2, 0) is 4.79 Å². The summed E-state index contributed by atoms with van der Waals surface area (Å²) >= 11 is 5.51. The molecule has 0 aliphatic heterocycles. The molecule has 0 saturated carbocycles. The zero-order valence-corrected chi connectivity index (χ0v) is 5.61. The van der Waals surface area contributed by atoms with E-state index >= 15 is 0 Å². The standard InChI is InChI=1S/C6H9ClO/c1-2-3-6(7)4-5-8/h4-5H,2-3H2,1H3/b6-4-. The highest BCUT2D eigenvalue weighted by molar-refractivity contribution is 6.30. The fraction of sp³-hybridized carbons (Fsp3) is 0.500. The molecule has 0 radical (unpaired) electrons. The molecule has 0 unspecified atom stereocenters. The Bertz CT molecular complexity index is 96.7. The summed E-state index contributed by atoms with van der Waals surface area (Å²) in [5.41, 5.74) is 0. The second kappa shape index (κ2) is 4.85. The number of hydrogen-bond acceptors (Lipinski definition) is 1. The third-order valence-corrected chi connectivity index (χ3v) is 1.05. The molecule has 8 heavy (non-hydrogen) atoms. The monoisotopic (exact) mass is 132 g/mol. The summed E-state index contributed by atoms with van der Waals surface area (Å²) in [5.74, 6) is 0. The van der Waals surface area contributed by atoms with Crippen molar-refractivity contribution in [3.63, 3.8) is 0 Å². The molecule has 0 fully saturated rings. The van der Waals surface area contributed by atoms with Crippen LogP contribution in [0.15, 0.2) is 11.1 Å². The van der Waals surface area contributed by atoms with Crippen LogP contribution < -0.4 is 0 Å². The maximum Gasteiger partial charge on any atom is 0.143 e. The van der Waals surface area contributed by atoms with Crippen LogP contribution in [0.4, 0.5) is 0 Å². The van der Waals surface area contributed by atoms with Crippen LogP contribution in [0.25, 0.3) is 0 Å². The van der Waals surface area contributed by atoms with Crippen LogP contribution in [0.1, 0.15) is 19.8 Å². The number of halogens is 1. The fourth-order valence-electron chi connectivity index (χ4n) is 0.396. The predicted molar refractivity (Wildman–Crippen MR) is 34.9 cm³/mol. The lowest BCUT2D eigenvalue weighted by atomic mass is 10.3. The minimum Gasteiger partial charge on any atom is -0.299 e. The minimum absolute atomic E-state index is 0.641. The number of carbonyl (C=O) groups excluding carboxylic acids is 1. The third-order valence-electron chi connectivity index (χ3n) is 0.738. The van der Waals surface area contributed by atoms with E-state index in [4.69, 9.17) is 11.6 Å². The summed E-state index contributed by atoms with van der Waals surface area (Å²) in [4.78, 5) is 9.73. The zero-order valence-electron chi connectivity index (χ0n) is 4.86. The number of hydrogen-bond donors (Lipinski definition) is 0. The molecule has 0 amide bonds. The van der Waals surface area contributed by atoms with Crippen molar-refractivity contribution < 1.29 is 4.79 Å². The van der Waals surface area contributed by atoms with Gasteiger partial charge >= 0.3 is 0 Å². The summed E-state index contributed by atoms with van der Waals surface area (Å²) in [6.45, 7) is 2.01. The van der Waals surface area contributed by atoms with Gasteiger partial charge in [0.2, 0.25) is 0 Å². The van der Waals surface area contributed by atoms with Crippen molar-refractivity contribution in [2.75, 3.05) is 0 Å². The quantitative estimate of drug-likeness (QED) is 0.425. The topological polar surface area (TPSA) is 17.1 Å². The predicted octanol–water partition coefficient (Wildman–Crippen LogP) is 2.11. The summed E-state index contributed by atoms with van der Waals surface area (Å²) in [6.07, 6.45) is 3.88. The summed E-state index contributed by atoms with van der Waals surface area (Å²) in [7, 11) is 0. The highest BCUT2D eigenvalue weighted by Gasteiger charge is 1.85. The van der Waals surface area contributed by atoms with Gasteiger partial charge in [-0.1, -0.05) is 24.9 Å². The molecule has 2 heteroatoms. The van der Waals surface area contributed by atoms with E-state index < -0.39 is 0 Å². The molecule has 0 saturated heterocycles. The van der Waals surface area contributed by atoms with Gasteiger partial charge in [-0.25, -0.2) is 0 Å². The highest BCUT2D eigenvalue weighted by atomic mass is 35.5. The number of allylic oxidation sites excluding steroid dienone is 2. The number of carbonyl (C=O) groups is 1. The molecule has 0 aromatic heterocycles. The first-order valence-electron chi connectivity index (χ1n) is 2.61. The molecule has 0 aliphatic carbocycles. The first kappa shape index (κ1) is 7.70. The minimum atomic E-state index is 0.641. The van der Waals surface area contributed by atoms with Crippen LogP contribution in [0.3, 0.4) is 0 Å². The van der Waals surface area contributed by atoms with Crippen molar-refractivity contribution in [2.24, 2.45) is 0 Å². The molecule has 46 valence electrons. The van der Waals surface area contributed by atoms with Gasteiger partial charge in [0.15, 0.2) is 0 Å². The Kier molecular flexibility index (Phi) is 4.67. The van der Waals surface area contributed by atoms with Crippen molar-refractivity contribution >= 4 is 17.9 Å². The molecule has 0 rings (SSSR count). The third kappa shape index (κ3) is 3.88. The molecule has 0 aromatic rings. The van der Waals surface area contributed by atoms with E-state index in [1.807, 2.05) is 6.92 Å². The van der Waals surface area contributed by atoms with Crippen molar-refractivity contribution in [3.8, 4) is 0 Å². The Morgan fingerprint density at radius 1 is 1.75 bits per heavy atom. The van der Waals surface area contributed by atoms with Crippen molar-refractivity contribution in [2.45, 2.75) is 19.8 Å². The van der Waals surface area contributed by atoms with Crippen LogP contribution in [-0.4, -0.2) is 6.29 Å². The van der Waals surface area contributed by atoms with Gasteiger partial charge in [-0.2, -0.15) is 0 Å². The molecule has 0 bridgehead atoms. The lowest BCUT2D eigenvalue weighted by Gasteiger charge is -1.87. The van der Waals surface area contributed by atoms with Crippen molar-refractivity contribution in [1.29, 1.82) is 0 Å². The Hall–Kier alpha value is -0.300. The normalized spacial score (nSPS) is 11.5. The largest absolute Gasteiger partial charge is 0.299 e. The molecule has 0 aliphatic rings. The number of aldehydes is 1. The van der Waals surface area contributed by atoms with E-state index in [-0.39, 0.29) is 0 Å². The van der Waals surface area contributed by atoms with E-state index in [2.05, 4.69) is 0 Å². The van der Waals surface area contributed by atoms with Gasteiger partial charge in [0.25, 0.3) is 0 Å². The van der Waals surface area contributed by atoms with E-state index in [0.717, 1.165) is 12.8 Å². The van der Waals surface area contributed by atoms with Crippen LogP contribution in [0.5, 0.6) is 0 Å². The second-order valence-electron chi connectivity index (χ2n) is 1.50. The molecule has 0 spiro atoms. The first-order chi connectivity index (χ1) is 3.81. The maximum absolute atomic E-state index is 9.73. The maximum atomic E-state index is 9.73. The second-order valence-corrected chi connectivity index (χ2v) is 1.99. The zero-order chi connectivity index (χ0) is 6.41. The van der Waals surface area contributed by atoms with Gasteiger partial charge in [-0.3, -0.25) is 4.79 Å². The average Bonchev–Trinajstić information content (AvgIpc) is 1.68. The fourth-order valence-corrected chi connectivity index (χ4v) is 0.636. The molecule has 0 heterocycles. The Balaban J connectivity index is 3.44. The van der Waals surface area contributed by atoms with Crippen LogP contribution >= 0.6 is 11.6 Å². The Morgan fingerprint density at radius 3 is 2.75 bits per heavy atom. The number of rotatable bonds is 3. The van der Waals surface area contributed by atoms with Gasteiger partial charge < -0.3 is 0 Å². The van der Waals surface area contributed by atoms with E-state index in [1.165, 1.54) is 6.08 Å². The van der Waals surface area contributed by atoms with E-state index in [9.17, 15) is 4.79 Å². The van der Waals surface area contributed by atoms with E-state index in [1.54, 1.807) is 0 Å². The lowest BCUT2D eigenvalue weighted by molar-refractivity contribution is -0.104. The summed E-state index contributed by atoms with van der Waals surface area (Å²) in [6, 6.07) is 0. The smallest absolute Gasteiger partial charge is 0.143 e. The van der Waals surface area contributed by atoms with Crippen LogP contribution in [0, 0.1) is 0 Å². The van der Waals surface area contributed by atoms with E-state index in [0.29, 0.717) is 11.3 Å². The highest BCUT2D eigenvalue weighted by Crippen LogP contribution is 2.07. The average molecular weight is 133 g/mol. The van der Waals surface area contributed by atoms with Gasteiger partial charge in [-0.05, 0) is 12.5 Å². The van der Waals surface area contributed by atoms with Crippen molar-refractivity contribution in [1.82, 2.24) is 0 Å². The Morgan fingerprint density at radius 2 is 2.38 bits per heavy atom. The SMILES string of the molecule is CCC/C(Cl)=C/C=O. The van der Waals surface area contributed by atoms with Crippen LogP contribution in [0.2, 0.25) is 0 Å². The van der Waals surface area contributed by atoms with Gasteiger partial charge in [-0.15, -0.1) is 0 Å². The Labute approximate surface area is 54.3 Å². The van der Waals surface area contributed by atoms with Gasteiger partial charge in [0, 0.05) is 5.03 Å². The molecule has 1 nitrogen and oxygen atoms in total. The lowest BCUT2D eigenvalue weighted by Crippen LogP contribution is -1.70. The summed E-state index contributed by atoms with van der Waals surface area (Å²) < 4.78 is 0. The first-order valence-corrected chi connectivity index (χ1v) is 2.99.